The van der Waals surface area contributed by atoms with Gasteiger partial charge >= 0.3 is 5.69 Å². The molecule has 5 nitrogen and oxygen atoms in total. The smallest absolute Gasteiger partial charge is 0.304 e. The fraction of sp³-hybridized carbons (Fsp3) is 0.533. The second-order valence-electron chi connectivity index (χ2n) is 5.46. The molecule has 1 saturated heterocycles. The molecule has 1 aliphatic rings. The second kappa shape index (κ2) is 6.65. The first-order valence-corrected chi connectivity index (χ1v) is 7.21. The number of nitro groups is 1. The van der Waals surface area contributed by atoms with E-state index in [-0.39, 0.29) is 5.91 Å². The van der Waals surface area contributed by atoms with Gasteiger partial charge in [-0.3, -0.25) is 14.9 Å². The number of hydrogen-bond acceptors (Lipinski definition) is 3. The zero-order valence-electron chi connectivity index (χ0n) is 12.0. The van der Waals surface area contributed by atoms with Crippen molar-refractivity contribution < 1.29 is 14.1 Å². The van der Waals surface area contributed by atoms with Gasteiger partial charge in [-0.2, -0.15) is 4.39 Å². The van der Waals surface area contributed by atoms with E-state index in [1.165, 1.54) is 6.07 Å². The van der Waals surface area contributed by atoms with Crippen molar-refractivity contribution in [3.63, 3.8) is 0 Å². The molecule has 1 aliphatic heterocycles. The van der Waals surface area contributed by atoms with Gasteiger partial charge in [-0.15, -0.1) is 0 Å². The largest absolute Gasteiger partial charge is 0.338 e. The lowest BCUT2D eigenvalue weighted by Gasteiger charge is -2.21. The van der Waals surface area contributed by atoms with Crippen molar-refractivity contribution in [1.82, 2.24) is 4.90 Å². The van der Waals surface area contributed by atoms with Gasteiger partial charge in [0.15, 0.2) is 0 Å². The molecule has 0 saturated carbocycles. The molecule has 0 radical (unpaired) electrons. The van der Waals surface area contributed by atoms with Gasteiger partial charge in [0.1, 0.15) is 0 Å². The van der Waals surface area contributed by atoms with Gasteiger partial charge in [-0.25, -0.2) is 0 Å². The predicted molar refractivity (Wildman–Crippen MR) is 76.1 cm³/mol. The minimum atomic E-state index is -0.855. The maximum absolute atomic E-state index is 13.6. The highest BCUT2D eigenvalue weighted by molar-refractivity contribution is 5.76. The summed E-state index contributed by atoms with van der Waals surface area (Å²) in [6, 6.07) is 3.81. The molecule has 0 N–H and O–H groups in total. The summed E-state index contributed by atoms with van der Waals surface area (Å²) in [5.41, 5.74) is 0.0494. The molecule has 2 rings (SSSR count). The van der Waals surface area contributed by atoms with Crippen LogP contribution in [0.25, 0.3) is 0 Å². The number of amides is 1. The SMILES string of the molecule is CCC1CCC(=O)N(Cc2ccc([N+](=O)[O-])c(F)c2)CC1. The minimum Gasteiger partial charge on any atom is -0.338 e. The van der Waals surface area contributed by atoms with E-state index in [1.807, 2.05) is 0 Å². The van der Waals surface area contributed by atoms with Gasteiger partial charge < -0.3 is 4.90 Å². The topological polar surface area (TPSA) is 63.5 Å². The maximum atomic E-state index is 13.6. The first kappa shape index (κ1) is 15.4. The zero-order chi connectivity index (χ0) is 15.4. The van der Waals surface area contributed by atoms with E-state index in [1.54, 1.807) is 4.90 Å². The maximum Gasteiger partial charge on any atom is 0.304 e. The summed E-state index contributed by atoms with van der Waals surface area (Å²) in [6.07, 6.45) is 3.44. The number of halogens is 1. The molecule has 0 spiro atoms. The summed E-state index contributed by atoms with van der Waals surface area (Å²) in [5.74, 6) is -0.219. The molecule has 0 aliphatic carbocycles. The van der Waals surface area contributed by atoms with Crippen LogP contribution < -0.4 is 0 Å². The van der Waals surface area contributed by atoms with Gasteiger partial charge in [-0.1, -0.05) is 19.4 Å². The highest BCUT2D eigenvalue weighted by atomic mass is 19.1. The van der Waals surface area contributed by atoms with E-state index >= 15 is 0 Å². The Morgan fingerprint density at radius 3 is 2.81 bits per heavy atom. The lowest BCUT2D eigenvalue weighted by Crippen LogP contribution is -2.29. The first-order chi connectivity index (χ1) is 10.0. The standard InChI is InChI=1S/C15H19FN2O3/c1-2-11-4-6-15(19)17(8-7-11)10-12-3-5-14(18(20)21)13(16)9-12/h3,5,9,11H,2,4,6-8,10H2,1H3. The number of carbonyl (C=O) groups excluding carboxylic acids is 1. The summed E-state index contributed by atoms with van der Waals surface area (Å²) < 4.78 is 13.6. The Balaban J connectivity index is 2.08. The van der Waals surface area contributed by atoms with Gasteiger partial charge in [0.05, 0.1) is 4.92 Å². The lowest BCUT2D eigenvalue weighted by molar-refractivity contribution is -0.387. The molecule has 1 unspecified atom stereocenters. The molecule has 1 aromatic carbocycles. The summed E-state index contributed by atoms with van der Waals surface area (Å²) >= 11 is 0. The van der Waals surface area contributed by atoms with Crippen LogP contribution in [0.3, 0.4) is 0 Å². The molecule has 6 heteroatoms. The zero-order valence-corrected chi connectivity index (χ0v) is 12.0. The third-order valence-electron chi connectivity index (χ3n) is 4.09. The van der Waals surface area contributed by atoms with E-state index in [2.05, 4.69) is 6.92 Å². The van der Waals surface area contributed by atoms with Crippen molar-refractivity contribution >= 4 is 11.6 Å². The Hall–Kier alpha value is -1.98. The summed E-state index contributed by atoms with van der Waals surface area (Å²) in [5, 5.41) is 10.6. The molecule has 0 aromatic heterocycles. The van der Waals surface area contributed by atoms with Crippen LogP contribution in [0, 0.1) is 21.8 Å². The highest BCUT2D eigenvalue weighted by Gasteiger charge is 2.22. The molecular weight excluding hydrogens is 275 g/mol. The summed E-state index contributed by atoms with van der Waals surface area (Å²) in [7, 11) is 0. The second-order valence-corrected chi connectivity index (χ2v) is 5.46. The van der Waals surface area contributed by atoms with Crippen LogP contribution >= 0.6 is 0 Å². The number of nitro benzene ring substituents is 1. The third-order valence-corrected chi connectivity index (χ3v) is 4.09. The Morgan fingerprint density at radius 1 is 1.43 bits per heavy atom. The fourth-order valence-electron chi connectivity index (χ4n) is 2.69. The van der Waals surface area contributed by atoms with Crippen LogP contribution in [0.4, 0.5) is 10.1 Å². The number of benzene rings is 1. The molecule has 0 bridgehead atoms. The van der Waals surface area contributed by atoms with Crippen LogP contribution in [-0.2, 0) is 11.3 Å². The monoisotopic (exact) mass is 294 g/mol. The minimum absolute atomic E-state index is 0.0738. The van der Waals surface area contributed by atoms with Crippen LogP contribution in [0.2, 0.25) is 0 Å². The average Bonchev–Trinajstić information content (AvgIpc) is 2.61. The van der Waals surface area contributed by atoms with E-state index < -0.39 is 16.4 Å². The van der Waals surface area contributed by atoms with E-state index in [4.69, 9.17) is 0 Å². The molecule has 1 amide bonds. The van der Waals surface area contributed by atoms with E-state index in [0.717, 1.165) is 31.4 Å². The predicted octanol–water partition coefficient (Wildman–Crippen LogP) is 3.27. The van der Waals surface area contributed by atoms with Gasteiger partial charge in [0.25, 0.3) is 0 Å². The van der Waals surface area contributed by atoms with Crippen molar-refractivity contribution in [3.8, 4) is 0 Å². The van der Waals surface area contributed by atoms with Gasteiger partial charge in [-0.05, 0) is 30.4 Å². The molecule has 1 aromatic rings. The Labute approximate surface area is 122 Å². The molecule has 114 valence electrons. The number of rotatable bonds is 4. The average molecular weight is 294 g/mol. The number of nitrogens with zero attached hydrogens (tertiary/aromatic N) is 2. The van der Waals surface area contributed by atoms with Crippen LogP contribution in [0.15, 0.2) is 18.2 Å². The normalized spacial score (nSPS) is 19.4. The quantitative estimate of drug-likeness (QED) is 0.632. The Bertz CT molecular complexity index is 548. The number of carbonyl (C=O) groups is 1. The number of hydrogen-bond donors (Lipinski definition) is 0. The summed E-state index contributed by atoms with van der Waals surface area (Å²) in [6.45, 7) is 3.09. The van der Waals surface area contributed by atoms with E-state index in [0.29, 0.717) is 31.0 Å². The molecule has 1 heterocycles. The highest BCUT2D eigenvalue weighted by Crippen LogP contribution is 2.23. The van der Waals surface area contributed by atoms with Gasteiger partial charge in [0.2, 0.25) is 11.7 Å². The van der Waals surface area contributed by atoms with Gasteiger partial charge in [0, 0.05) is 25.6 Å². The number of likely N-dealkylation sites (tertiary alicyclic amines) is 1. The summed E-state index contributed by atoms with van der Waals surface area (Å²) in [4.78, 5) is 23.6. The van der Waals surface area contributed by atoms with Crippen molar-refractivity contribution in [2.24, 2.45) is 5.92 Å². The van der Waals surface area contributed by atoms with Crippen molar-refractivity contribution in [3.05, 3.63) is 39.7 Å². The Kier molecular flexibility index (Phi) is 4.88. The van der Waals surface area contributed by atoms with Crippen LogP contribution in [-0.4, -0.2) is 22.3 Å². The van der Waals surface area contributed by atoms with Crippen LogP contribution in [0.5, 0.6) is 0 Å². The molecule has 1 fully saturated rings. The molecule has 1 atom stereocenters. The van der Waals surface area contributed by atoms with E-state index in [9.17, 15) is 19.3 Å². The fourth-order valence-corrected chi connectivity index (χ4v) is 2.69. The molecular formula is C15H19FN2O3. The Morgan fingerprint density at radius 2 is 2.19 bits per heavy atom. The lowest BCUT2D eigenvalue weighted by atomic mass is 9.98. The van der Waals surface area contributed by atoms with Crippen molar-refractivity contribution in [2.45, 2.75) is 39.2 Å². The van der Waals surface area contributed by atoms with Crippen molar-refractivity contribution in [2.75, 3.05) is 6.54 Å². The first-order valence-electron chi connectivity index (χ1n) is 7.21. The van der Waals surface area contributed by atoms with Crippen LogP contribution in [0.1, 0.15) is 38.2 Å². The molecule has 21 heavy (non-hydrogen) atoms. The third kappa shape index (κ3) is 3.77. The van der Waals surface area contributed by atoms with Crippen molar-refractivity contribution in [1.29, 1.82) is 0 Å².